The zero-order chi connectivity index (χ0) is 41.7. The summed E-state index contributed by atoms with van der Waals surface area (Å²) in [5, 5.41) is 18.2. The molecule has 1 aromatic carbocycles. The van der Waals surface area contributed by atoms with Crippen LogP contribution in [0.15, 0.2) is 36.5 Å². The van der Waals surface area contributed by atoms with E-state index >= 15 is 0 Å². The van der Waals surface area contributed by atoms with Crippen molar-refractivity contribution in [1.29, 1.82) is 0 Å². The lowest BCUT2D eigenvalue weighted by Gasteiger charge is -2.38. The number of imide groups is 2. The number of halogens is 2. The topological polar surface area (TPSA) is 176 Å². The number of hydrogen-bond donors (Lipinski definition) is 3. The summed E-state index contributed by atoms with van der Waals surface area (Å²) in [7, 11) is 2.16. The highest BCUT2D eigenvalue weighted by atomic mass is 32.1. The number of fused-ring (bicyclic) bond motifs is 2. The summed E-state index contributed by atoms with van der Waals surface area (Å²) in [6.07, 6.45) is 5.97. The van der Waals surface area contributed by atoms with E-state index in [0.717, 1.165) is 72.8 Å². The van der Waals surface area contributed by atoms with Crippen LogP contribution in [0.25, 0.3) is 4.83 Å². The number of piperidine rings is 1. The summed E-state index contributed by atoms with van der Waals surface area (Å²) in [6, 6.07) is 8.02. The molecule has 3 N–H and O–H groups in total. The molecule has 0 spiro atoms. The van der Waals surface area contributed by atoms with E-state index in [0.29, 0.717) is 44.0 Å². The van der Waals surface area contributed by atoms with Gasteiger partial charge in [0, 0.05) is 50.0 Å². The number of anilines is 3. The van der Waals surface area contributed by atoms with Crippen LogP contribution in [-0.4, -0.2) is 117 Å². The fraction of sp³-hybridized carbons (Fsp3) is 0.537. The number of morpholine rings is 1. The van der Waals surface area contributed by atoms with Gasteiger partial charge in [0.1, 0.15) is 16.6 Å². The number of carbonyl (C=O) groups is 5. The maximum Gasteiger partial charge on any atom is 0.284 e. The lowest BCUT2D eigenvalue weighted by atomic mass is 9.84. The van der Waals surface area contributed by atoms with Crippen LogP contribution in [-0.2, 0) is 14.3 Å². The summed E-state index contributed by atoms with van der Waals surface area (Å²) in [5.74, 6) is -2.16. The van der Waals surface area contributed by atoms with Crippen molar-refractivity contribution in [3.8, 4) is 0 Å². The first-order chi connectivity index (χ1) is 29.0. The third-order valence-corrected chi connectivity index (χ3v) is 13.9. The maximum atomic E-state index is 14.2. The first-order valence-corrected chi connectivity index (χ1v) is 21.6. The molecule has 9 rings (SSSR count). The molecule has 3 aromatic heterocycles. The van der Waals surface area contributed by atoms with Crippen LogP contribution in [0.4, 0.5) is 25.3 Å². The highest BCUT2D eigenvalue weighted by Gasteiger charge is 2.46. The van der Waals surface area contributed by atoms with Gasteiger partial charge in [0.15, 0.2) is 5.69 Å². The highest BCUT2D eigenvalue weighted by Crippen LogP contribution is 2.38. The smallest absolute Gasteiger partial charge is 0.284 e. The van der Waals surface area contributed by atoms with Crippen molar-refractivity contribution < 1.29 is 37.5 Å². The fourth-order valence-corrected chi connectivity index (χ4v) is 10.5. The van der Waals surface area contributed by atoms with Crippen LogP contribution in [0.2, 0.25) is 0 Å². The van der Waals surface area contributed by atoms with Crippen molar-refractivity contribution in [3.63, 3.8) is 0 Å². The summed E-state index contributed by atoms with van der Waals surface area (Å²) in [4.78, 5) is 70.8. The first-order valence-electron chi connectivity index (χ1n) is 20.8. The molecule has 2 saturated carbocycles. The number of hydrogen-bond acceptors (Lipinski definition) is 12. The average molecular weight is 847 g/mol. The third kappa shape index (κ3) is 7.77. The van der Waals surface area contributed by atoms with Gasteiger partial charge in [-0.2, -0.15) is 5.10 Å². The summed E-state index contributed by atoms with van der Waals surface area (Å²) in [6.45, 7) is 3.56. The van der Waals surface area contributed by atoms with Crippen LogP contribution in [0.3, 0.4) is 0 Å². The van der Waals surface area contributed by atoms with Gasteiger partial charge in [0.2, 0.25) is 16.9 Å². The average Bonchev–Trinajstić information content (AvgIpc) is 4.02. The number of carbonyl (C=O) groups excluding carboxylic acids is 5. The van der Waals surface area contributed by atoms with Crippen molar-refractivity contribution in [1.82, 2.24) is 34.5 Å². The van der Waals surface area contributed by atoms with Gasteiger partial charge in [-0.25, -0.2) is 13.3 Å². The van der Waals surface area contributed by atoms with Crippen molar-refractivity contribution in [2.75, 3.05) is 55.4 Å². The Kier molecular flexibility index (Phi) is 11.1. The van der Waals surface area contributed by atoms with Gasteiger partial charge in [-0.15, -0.1) is 5.10 Å². The molecule has 3 aliphatic heterocycles. The molecule has 1 unspecified atom stereocenters. The number of nitrogens with zero attached hydrogens (tertiary/aromatic N) is 7. The zero-order valence-corrected chi connectivity index (χ0v) is 34.1. The SMILES string of the molecule is CN(C[C@H]1CC[C@H](n2cc(NC(=O)c3ccc4sc(N5CCOCC5)nn34)c(C(F)F)n2)CC1)[C@H]1CC[C@H](Nc2cccc3c2C(=O)N(C2CCC(=O)NC2=O)C3=O)CC1. The predicted octanol–water partition coefficient (Wildman–Crippen LogP) is 5.11. The Bertz CT molecular complexity index is 2310. The monoisotopic (exact) mass is 846 g/mol. The Morgan fingerprint density at radius 2 is 1.72 bits per heavy atom. The van der Waals surface area contributed by atoms with Crippen LogP contribution < -0.4 is 20.9 Å². The largest absolute Gasteiger partial charge is 0.382 e. The molecule has 1 atom stereocenters. The molecule has 2 aliphatic carbocycles. The van der Waals surface area contributed by atoms with E-state index in [-0.39, 0.29) is 47.4 Å². The fourth-order valence-electron chi connectivity index (χ4n) is 9.55. The molecular formula is C41H48F2N10O6S. The summed E-state index contributed by atoms with van der Waals surface area (Å²) < 4.78 is 37.1. The standard InChI is InChI=1S/C41H48F2N10O6S/c1-49(25-11-7-24(8-12-25)44-28-4-2-3-27-34(28)40(58)52(39(27)57)30-13-15-32(54)46-37(30)55)21-23-5-9-26(10-6-23)51-22-29(35(47-51)36(42)43)45-38(56)31-14-16-33-53(31)48-41(60-33)50-17-19-59-20-18-50/h2-4,14,16,22-26,30,36,44H,5-13,15,17-21H2,1H3,(H,45,56)(H,46,54,55)/t23-,24-,25-,26-,30?. The van der Waals surface area contributed by atoms with Crippen molar-refractivity contribution >= 4 is 62.2 Å². The predicted molar refractivity (Wildman–Crippen MR) is 218 cm³/mol. The number of alkyl halides is 2. The van der Waals surface area contributed by atoms with Gasteiger partial charge in [-0.1, -0.05) is 17.4 Å². The van der Waals surface area contributed by atoms with E-state index in [4.69, 9.17) is 4.74 Å². The second kappa shape index (κ2) is 16.6. The molecule has 318 valence electrons. The molecule has 19 heteroatoms. The van der Waals surface area contributed by atoms with Crippen molar-refractivity contribution in [2.24, 2.45) is 5.92 Å². The Labute approximate surface area is 348 Å². The Morgan fingerprint density at radius 3 is 2.45 bits per heavy atom. The van der Waals surface area contributed by atoms with Gasteiger partial charge in [0.05, 0.1) is 36.1 Å². The maximum absolute atomic E-state index is 14.2. The molecule has 0 radical (unpaired) electrons. The Morgan fingerprint density at radius 1 is 0.950 bits per heavy atom. The second-order valence-electron chi connectivity index (χ2n) is 16.6. The molecule has 4 aromatic rings. The van der Waals surface area contributed by atoms with Crippen molar-refractivity contribution in [3.05, 3.63) is 59.0 Å². The number of ether oxygens (including phenoxy) is 1. The van der Waals surface area contributed by atoms with E-state index < -0.39 is 47.7 Å². The van der Waals surface area contributed by atoms with E-state index in [9.17, 15) is 32.8 Å². The number of nitrogens with one attached hydrogen (secondary N) is 3. The molecule has 2 saturated heterocycles. The normalized spacial score (nSPS) is 25.1. The van der Waals surface area contributed by atoms with Crippen molar-refractivity contribution in [2.45, 2.75) is 94.8 Å². The summed E-state index contributed by atoms with van der Waals surface area (Å²) in [5.41, 5.74) is 0.939. The van der Waals surface area contributed by atoms with Gasteiger partial charge in [-0.05, 0) is 95.0 Å². The molecule has 6 heterocycles. The van der Waals surface area contributed by atoms with E-state index in [1.807, 2.05) is 0 Å². The molecule has 4 fully saturated rings. The lowest BCUT2D eigenvalue weighted by Crippen LogP contribution is -2.54. The molecule has 16 nitrogen and oxygen atoms in total. The minimum absolute atomic E-state index is 0.00599. The van der Waals surface area contributed by atoms with Gasteiger partial charge in [0.25, 0.3) is 24.1 Å². The van der Waals surface area contributed by atoms with E-state index in [1.54, 1.807) is 45.7 Å². The number of aromatic nitrogens is 4. The van der Waals surface area contributed by atoms with E-state index in [1.165, 1.54) is 11.3 Å². The molecule has 5 amide bonds. The Balaban J connectivity index is 0.762. The Hall–Kier alpha value is -5.27. The zero-order valence-electron chi connectivity index (χ0n) is 33.3. The van der Waals surface area contributed by atoms with Crippen LogP contribution in [0.5, 0.6) is 0 Å². The number of amides is 5. The molecular weight excluding hydrogens is 799 g/mol. The minimum atomic E-state index is -2.85. The summed E-state index contributed by atoms with van der Waals surface area (Å²) >= 11 is 1.46. The van der Waals surface area contributed by atoms with Gasteiger partial charge >= 0.3 is 0 Å². The number of benzene rings is 1. The van der Waals surface area contributed by atoms with Crippen LogP contribution in [0, 0.1) is 5.92 Å². The number of rotatable bonds is 11. The third-order valence-electron chi connectivity index (χ3n) is 12.8. The van der Waals surface area contributed by atoms with Gasteiger partial charge < -0.3 is 25.2 Å². The van der Waals surface area contributed by atoms with Gasteiger partial charge in [-0.3, -0.25) is 38.9 Å². The van der Waals surface area contributed by atoms with Crippen LogP contribution in [0.1, 0.15) is 114 Å². The minimum Gasteiger partial charge on any atom is -0.382 e. The lowest BCUT2D eigenvalue weighted by molar-refractivity contribution is -0.136. The highest BCUT2D eigenvalue weighted by molar-refractivity contribution is 7.20. The molecule has 5 aliphatic rings. The molecule has 60 heavy (non-hydrogen) atoms. The first kappa shape index (κ1) is 40.2. The second-order valence-corrected chi connectivity index (χ2v) is 17.5. The quantitative estimate of drug-likeness (QED) is 0.171. The molecule has 0 bridgehead atoms. The van der Waals surface area contributed by atoms with Crippen LogP contribution >= 0.6 is 11.3 Å². The van der Waals surface area contributed by atoms with E-state index in [2.05, 4.69) is 43.0 Å².